The molecular formula is C41H46BrN3O7. The second kappa shape index (κ2) is 16.6. The van der Waals surface area contributed by atoms with E-state index < -0.39 is 41.7 Å². The van der Waals surface area contributed by atoms with Gasteiger partial charge in [0.15, 0.2) is 0 Å². The number of rotatable bonds is 17. The number of hydrogen-bond acceptors (Lipinski definition) is 7. The van der Waals surface area contributed by atoms with Crippen LogP contribution in [0.15, 0.2) is 98.1 Å². The number of hydrogen-bond donors (Lipinski definition) is 2. The molecule has 0 aromatic heterocycles. The number of allylic oxidation sites excluding steroid dienone is 1. The Labute approximate surface area is 313 Å². The number of amides is 3. The summed E-state index contributed by atoms with van der Waals surface area (Å²) in [6.07, 6.45) is 4.72. The largest absolute Gasteiger partial charge is 0.455 e. The summed E-state index contributed by atoms with van der Waals surface area (Å²) in [5.74, 6) is -3.39. The molecule has 2 bridgehead atoms. The van der Waals surface area contributed by atoms with E-state index in [0.29, 0.717) is 43.4 Å². The van der Waals surface area contributed by atoms with Gasteiger partial charge in [0.05, 0.1) is 24.5 Å². The number of nitrogens with one attached hydrogen (secondary N) is 1. The summed E-state index contributed by atoms with van der Waals surface area (Å²) in [4.78, 5) is 59.5. The summed E-state index contributed by atoms with van der Waals surface area (Å²) in [5.41, 5.74) is 0.0714. The molecule has 1 spiro atoms. The highest BCUT2D eigenvalue weighted by molar-refractivity contribution is 9.09. The Bertz CT molecular complexity index is 1800. The zero-order chi connectivity index (χ0) is 36.8. The van der Waals surface area contributed by atoms with Crippen LogP contribution >= 0.6 is 15.9 Å². The van der Waals surface area contributed by atoms with Crippen molar-refractivity contribution in [3.05, 3.63) is 104 Å². The standard InChI is InChI=1S/C41H46BrN3O7/c1-3-5-18-33(47)43-26-32(28-15-8-6-9-16-28)51-40(50)34-35-38(48)45(22-12-7-13-23-46)37(41(35)25-31(42)36(34)52-41)39(49)44(21-4-2)30-20-19-27-14-10-11-17-29(27)24-30/h3-4,6,8-11,14-17,19-20,24,31-32,34-37,46H,1-2,5,7,12-13,18,21-23,25-26H2,(H,43,47)/t31?,32-,34-,35+,36-,37-,41+/m1/s1. The Balaban J connectivity index is 1.33. The van der Waals surface area contributed by atoms with Crippen molar-refractivity contribution in [2.45, 2.75) is 67.2 Å². The van der Waals surface area contributed by atoms with Gasteiger partial charge in [-0.15, -0.1) is 13.2 Å². The quantitative estimate of drug-likeness (QED) is 0.0789. The number of halogens is 1. The predicted octanol–water partition coefficient (Wildman–Crippen LogP) is 5.64. The number of likely N-dealkylation sites (tertiary alicyclic amines) is 1. The molecule has 3 saturated heterocycles. The molecule has 7 atom stereocenters. The number of aliphatic hydroxyl groups is 1. The number of anilines is 1. The molecule has 52 heavy (non-hydrogen) atoms. The summed E-state index contributed by atoms with van der Waals surface area (Å²) in [7, 11) is 0. The van der Waals surface area contributed by atoms with E-state index in [4.69, 9.17) is 9.47 Å². The van der Waals surface area contributed by atoms with Crippen LogP contribution in [0.2, 0.25) is 0 Å². The van der Waals surface area contributed by atoms with Crippen molar-refractivity contribution < 1.29 is 33.8 Å². The first kappa shape index (κ1) is 37.4. The van der Waals surface area contributed by atoms with Gasteiger partial charge in [0.1, 0.15) is 17.7 Å². The maximum absolute atomic E-state index is 15.0. The molecule has 3 fully saturated rings. The predicted molar refractivity (Wildman–Crippen MR) is 203 cm³/mol. The third kappa shape index (κ3) is 7.31. The monoisotopic (exact) mass is 771 g/mol. The van der Waals surface area contributed by atoms with Crippen molar-refractivity contribution in [1.29, 1.82) is 0 Å². The molecule has 1 unspecified atom stereocenters. The molecule has 0 aliphatic carbocycles. The Hall–Kier alpha value is -4.32. The number of esters is 1. The van der Waals surface area contributed by atoms with Crippen LogP contribution in [-0.2, 0) is 28.7 Å². The Morgan fingerprint density at radius 3 is 2.52 bits per heavy atom. The van der Waals surface area contributed by atoms with Gasteiger partial charge in [-0.2, -0.15) is 0 Å². The second-order valence-corrected chi connectivity index (χ2v) is 14.9. The van der Waals surface area contributed by atoms with Crippen LogP contribution in [0.4, 0.5) is 5.69 Å². The maximum Gasteiger partial charge on any atom is 0.313 e. The highest BCUT2D eigenvalue weighted by atomic mass is 79.9. The number of fused-ring (bicyclic) bond motifs is 2. The van der Waals surface area contributed by atoms with Crippen molar-refractivity contribution in [2.75, 3.05) is 31.1 Å². The van der Waals surface area contributed by atoms with Crippen LogP contribution in [-0.4, -0.2) is 82.5 Å². The second-order valence-electron chi connectivity index (χ2n) is 13.7. The van der Waals surface area contributed by atoms with Gasteiger partial charge in [0.25, 0.3) is 5.91 Å². The van der Waals surface area contributed by atoms with E-state index in [1.807, 2.05) is 72.8 Å². The van der Waals surface area contributed by atoms with Gasteiger partial charge >= 0.3 is 5.97 Å². The number of ether oxygens (including phenoxy) is 2. The van der Waals surface area contributed by atoms with Crippen LogP contribution < -0.4 is 10.2 Å². The Morgan fingerprint density at radius 1 is 1.04 bits per heavy atom. The highest BCUT2D eigenvalue weighted by Crippen LogP contribution is 2.60. The fraction of sp³-hybridized carbons (Fsp3) is 0.415. The maximum atomic E-state index is 15.0. The van der Waals surface area contributed by atoms with E-state index in [1.165, 1.54) is 0 Å². The molecule has 0 radical (unpaired) electrons. The van der Waals surface area contributed by atoms with Gasteiger partial charge in [-0.3, -0.25) is 19.2 Å². The first-order valence-electron chi connectivity index (χ1n) is 18.0. The van der Waals surface area contributed by atoms with Crippen molar-refractivity contribution in [3.63, 3.8) is 0 Å². The average molecular weight is 773 g/mol. The molecule has 2 N–H and O–H groups in total. The van der Waals surface area contributed by atoms with Crippen molar-refractivity contribution in [3.8, 4) is 0 Å². The van der Waals surface area contributed by atoms with Crippen LogP contribution in [0.5, 0.6) is 0 Å². The van der Waals surface area contributed by atoms with Gasteiger partial charge in [0, 0.05) is 36.6 Å². The average Bonchev–Trinajstić information content (AvgIpc) is 3.75. The number of benzene rings is 3. The molecule has 6 rings (SSSR count). The van der Waals surface area contributed by atoms with Crippen LogP contribution in [0.1, 0.15) is 50.2 Å². The summed E-state index contributed by atoms with van der Waals surface area (Å²) >= 11 is 3.75. The zero-order valence-electron chi connectivity index (χ0n) is 29.2. The van der Waals surface area contributed by atoms with Crippen molar-refractivity contribution in [1.82, 2.24) is 10.2 Å². The lowest BCUT2D eigenvalue weighted by atomic mass is 9.70. The minimum Gasteiger partial charge on any atom is -0.455 e. The van der Waals surface area contributed by atoms with E-state index in [0.717, 1.165) is 10.8 Å². The van der Waals surface area contributed by atoms with Crippen molar-refractivity contribution in [2.24, 2.45) is 11.8 Å². The zero-order valence-corrected chi connectivity index (χ0v) is 30.8. The van der Waals surface area contributed by atoms with Gasteiger partial charge in [-0.1, -0.05) is 88.7 Å². The number of alkyl halides is 1. The molecular weight excluding hydrogens is 726 g/mol. The number of carbonyl (C=O) groups excluding carboxylic acids is 4. The molecule has 3 aliphatic rings. The van der Waals surface area contributed by atoms with E-state index >= 15 is 0 Å². The van der Waals surface area contributed by atoms with E-state index in [1.54, 1.807) is 22.0 Å². The lowest BCUT2D eigenvalue weighted by Crippen LogP contribution is -2.57. The Kier molecular flexibility index (Phi) is 11.9. The molecule has 0 saturated carbocycles. The van der Waals surface area contributed by atoms with Crippen LogP contribution in [0.25, 0.3) is 10.8 Å². The number of unbranched alkanes of at least 4 members (excludes halogenated alkanes) is 2. The van der Waals surface area contributed by atoms with E-state index in [9.17, 15) is 24.3 Å². The van der Waals surface area contributed by atoms with Crippen molar-refractivity contribution >= 4 is 56.1 Å². The minimum absolute atomic E-state index is 0.0270. The third-order valence-corrected chi connectivity index (χ3v) is 11.3. The third-order valence-electron chi connectivity index (χ3n) is 10.5. The molecule has 3 amide bonds. The summed E-state index contributed by atoms with van der Waals surface area (Å²) in [6, 6.07) is 21.8. The molecule has 10 nitrogen and oxygen atoms in total. The van der Waals surface area contributed by atoms with Crippen LogP contribution in [0, 0.1) is 11.8 Å². The number of aliphatic hydroxyl groups excluding tert-OH is 1. The summed E-state index contributed by atoms with van der Waals surface area (Å²) < 4.78 is 12.9. The first-order valence-corrected chi connectivity index (χ1v) is 18.9. The number of carbonyl (C=O) groups is 4. The molecule has 3 heterocycles. The fourth-order valence-electron chi connectivity index (χ4n) is 8.08. The molecule has 3 aromatic carbocycles. The normalized spacial score (nSPS) is 25.1. The van der Waals surface area contributed by atoms with Gasteiger partial charge in [0.2, 0.25) is 11.8 Å². The van der Waals surface area contributed by atoms with Crippen LogP contribution in [0.3, 0.4) is 0 Å². The van der Waals surface area contributed by atoms with Gasteiger partial charge in [-0.05, 0) is 60.6 Å². The summed E-state index contributed by atoms with van der Waals surface area (Å²) in [6.45, 7) is 8.13. The Morgan fingerprint density at radius 2 is 1.79 bits per heavy atom. The summed E-state index contributed by atoms with van der Waals surface area (Å²) in [5, 5.41) is 14.3. The molecule has 274 valence electrons. The fourth-order valence-corrected chi connectivity index (χ4v) is 9.02. The molecule has 11 heteroatoms. The van der Waals surface area contributed by atoms with Gasteiger partial charge in [-0.25, -0.2) is 0 Å². The lowest BCUT2D eigenvalue weighted by molar-refractivity contribution is -0.160. The highest BCUT2D eigenvalue weighted by Gasteiger charge is 2.77. The molecule has 3 aromatic rings. The topological polar surface area (TPSA) is 125 Å². The lowest BCUT2D eigenvalue weighted by Gasteiger charge is -2.37. The van der Waals surface area contributed by atoms with Gasteiger partial charge < -0.3 is 29.7 Å². The first-order chi connectivity index (χ1) is 25.2. The molecule has 3 aliphatic heterocycles. The van der Waals surface area contributed by atoms with E-state index in [-0.39, 0.29) is 55.2 Å². The van der Waals surface area contributed by atoms with E-state index in [2.05, 4.69) is 34.4 Å². The number of nitrogens with zero attached hydrogens (tertiary/aromatic N) is 2. The minimum atomic E-state index is -1.29. The smallest absolute Gasteiger partial charge is 0.313 e. The SMILES string of the molecule is C=CCCC(=O)NC[C@@H](OC(=O)[C@H]1[C@@H]2O[C@@]3(CC2Br)[C@@H]1C(=O)N(CCCCCO)[C@@H]3C(=O)N(CC=C)c1ccc2ccccc2c1)c1ccccc1.